The molecule has 0 saturated carbocycles. The second kappa shape index (κ2) is 5.82. The molecule has 20 heavy (non-hydrogen) atoms. The number of rotatable bonds is 3. The van der Waals surface area contributed by atoms with Gasteiger partial charge in [0.1, 0.15) is 0 Å². The molecular formula is C16H22ClNO2. The Bertz CT molecular complexity index is 470. The van der Waals surface area contributed by atoms with Crippen LogP contribution in [-0.4, -0.2) is 31.3 Å². The number of likely N-dealkylation sites (tertiary alicyclic amines) is 1. The van der Waals surface area contributed by atoms with Crippen LogP contribution in [0.25, 0.3) is 0 Å². The molecule has 0 amide bonds. The number of nitrogens with zero attached hydrogens (tertiary/aromatic N) is 1. The zero-order chi connectivity index (χ0) is 14.1. The number of ether oxygens (including phenoxy) is 2. The first-order valence-corrected chi connectivity index (χ1v) is 7.81. The van der Waals surface area contributed by atoms with Crippen LogP contribution in [0.2, 0.25) is 0 Å². The molecule has 2 heterocycles. The minimum atomic E-state index is 0.00185. The third kappa shape index (κ3) is 3.04. The van der Waals surface area contributed by atoms with Gasteiger partial charge in [0, 0.05) is 19.6 Å². The topological polar surface area (TPSA) is 21.7 Å². The van der Waals surface area contributed by atoms with E-state index in [1.54, 1.807) is 0 Å². The van der Waals surface area contributed by atoms with E-state index in [2.05, 4.69) is 18.7 Å². The summed E-state index contributed by atoms with van der Waals surface area (Å²) in [6.45, 7) is 8.16. The predicted octanol–water partition coefficient (Wildman–Crippen LogP) is 3.67. The molecule has 1 saturated heterocycles. The Morgan fingerprint density at radius 1 is 1.20 bits per heavy atom. The largest absolute Gasteiger partial charge is 0.454 e. The van der Waals surface area contributed by atoms with Crippen LogP contribution in [0, 0.1) is 11.8 Å². The quantitative estimate of drug-likeness (QED) is 0.794. The third-order valence-corrected chi connectivity index (χ3v) is 4.51. The van der Waals surface area contributed by atoms with Crippen molar-refractivity contribution in [2.24, 2.45) is 11.8 Å². The van der Waals surface area contributed by atoms with Gasteiger partial charge in [-0.15, -0.1) is 11.6 Å². The molecule has 3 nitrogen and oxygen atoms in total. The summed E-state index contributed by atoms with van der Waals surface area (Å²) in [6, 6.07) is 6.01. The second-order valence-electron chi connectivity index (χ2n) is 6.24. The van der Waals surface area contributed by atoms with Crippen molar-refractivity contribution in [3.05, 3.63) is 23.8 Å². The van der Waals surface area contributed by atoms with Crippen LogP contribution in [0.1, 0.15) is 31.2 Å². The van der Waals surface area contributed by atoms with E-state index in [1.807, 2.05) is 18.2 Å². The zero-order valence-corrected chi connectivity index (χ0v) is 12.9. The van der Waals surface area contributed by atoms with Crippen LogP contribution < -0.4 is 9.47 Å². The van der Waals surface area contributed by atoms with Crippen molar-refractivity contribution in [1.82, 2.24) is 4.90 Å². The van der Waals surface area contributed by atoms with Gasteiger partial charge in [-0.1, -0.05) is 19.9 Å². The van der Waals surface area contributed by atoms with Crippen LogP contribution in [0.5, 0.6) is 11.5 Å². The Kier molecular flexibility index (Phi) is 4.08. The van der Waals surface area contributed by atoms with Gasteiger partial charge in [0.05, 0.1) is 5.38 Å². The first kappa shape index (κ1) is 14.0. The molecule has 2 aliphatic rings. The van der Waals surface area contributed by atoms with E-state index in [-0.39, 0.29) is 5.38 Å². The van der Waals surface area contributed by atoms with Crippen LogP contribution >= 0.6 is 11.6 Å². The smallest absolute Gasteiger partial charge is 0.231 e. The summed E-state index contributed by atoms with van der Waals surface area (Å²) in [5.74, 6) is 3.16. The van der Waals surface area contributed by atoms with Crippen molar-refractivity contribution in [3.63, 3.8) is 0 Å². The van der Waals surface area contributed by atoms with Gasteiger partial charge in [-0.25, -0.2) is 0 Å². The maximum Gasteiger partial charge on any atom is 0.231 e. The molecule has 0 spiro atoms. The number of benzene rings is 1. The minimum absolute atomic E-state index is 0.00185. The molecule has 0 radical (unpaired) electrons. The SMILES string of the molecule is CC1CC(C)CN(CC(Cl)c2ccc3c(c2)OCO3)C1. The number of hydrogen-bond acceptors (Lipinski definition) is 3. The van der Waals surface area contributed by atoms with Crippen LogP contribution in [0.3, 0.4) is 0 Å². The fraction of sp³-hybridized carbons (Fsp3) is 0.625. The summed E-state index contributed by atoms with van der Waals surface area (Å²) in [5.41, 5.74) is 1.11. The highest BCUT2D eigenvalue weighted by atomic mass is 35.5. The van der Waals surface area contributed by atoms with Gasteiger partial charge in [-0.2, -0.15) is 0 Å². The van der Waals surface area contributed by atoms with Crippen molar-refractivity contribution in [1.29, 1.82) is 0 Å². The number of alkyl halides is 1. The number of fused-ring (bicyclic) bond motifs is 1. The van der Waals surface area contributed by atoms with Gasteiger partial charge in [0.15, 0.2) is 11.5 Å². The van der Waals surface area contributed by atoms with E-state index in [0.29, 0.717) is 6.79 Å². The Morgan fingerprint density at radius 3 is 2.65 bits per heavy atom. The third-order valence-electron chi connectivity index (χ3n) is 4.12. The van der Waals surface area contributed by atoms with E-state index in [9.17, 15) is 0 Å². The zero-order valence-electron chi connectivity index (χ0n) is 12.1. The van der Waals surface area contributed by atoms with Gasteiger partial charge < -0.3 is 14.4 Å². The Balaban J connectivity index is 1.65. The molecule has 1 aromatic rings. The minimum Gasteiger partial charge on any atom is -0.454 e. The highest BCUT2D eigenvalue weighted by Crippen LogP contribution is 2.36. The summed E-state index contributed by atoms with van der Waals surface area (Å²) in [7, 11) is 0. The summed E-state index contributed by atoms with van der Waals surface area (Å²) >= 11 is 6.60. The fourth-order valence-electron chi connectivity index (χ4n) is 3.38. The maximum absolute atomic E-state index is 6.60. The summed E-state index contributed by atoms with van der Waals surface area (Å²) in [5, 5.41) is 0.00185. The molecule has 3 unspecified atom stereocenters. The Morgan fingerprint density at radius 2 is 1.90 bits per heavy atom. The van der Waals surface area contributed by atoms with E-state index in [1.165, 1.54) is 6.42 Å². The first-order chi connectivity index (χ1) is 9.61. The first-order valence-electron chi connectivity index (χ1n) is 7.38. The van der Waals surface area contributed by atoms with Gasteiger partial charge in [-0.05, 0) is 36.0 Å². The molecule has 0 bridgehead atoms. The molecule has 1 aromatic carbocycles. The molecule has 1 fully saturated rings. The lowest BCUT2D eigenvalue weighted by Crippen LogP contribution is -2.40. The van der Waals surface area contributed by atoms with E-state index >= 15 is 0 Å². The van der Waals surface area contributed by atoms with Crippen molar-refractivity contribution in [3.8, 4) is 11.5 Å². The lowest BCUT2D eigenvalue weighted by Gasteiger charge is -2.36. The average Bonchev–Trinajstić information content (AvgIpc) is 2.84. The number of hydrogen-bond donors (Lipinski definition) is 0. The Labute approximate surface area is 125 Å². The monoisotopic (exact) mass is 295 g/mol. The summed E-state index contributed by atoms with van der Waals surface area (Å²) in [4.78, 5) is 2.49. The molecule has 0 aromatic heterocycles. The molecule has 110 valence electrons. The van der Waals surface area contributed by atoms with Crippen molar-refractivity contribution < 1.29 is 9.47 Å². The van der Waals surface area contributed by atoms with Crippen molar-refractivity contribution >= 4 is 11.6 Å². The van der Waals surface area contributed by atoms with E-state index in [0.717, 1.165) is 48.5 Å². The van der Waals surface area contributed by atoms with Crippen molar-refractivity contribution in [2.45, 2.75) is 25.6 Å². The van der Waals surface area contributed by atoms with Gasteiger partial charge in [-0.3, -0.25) is 0 Å². The molecule has 0 aliphatic carbocycles. The molecular weight excluding hydrogens is 274 g/mol. The molecule has 3 rings (SSSR count). The van der Waals surface area contributed by atoms with E-state index < -0.39 is 0 Å². The van der Waals surface area contributed by atoms with Crippen molar-refractivity contribution in [2.75, 3.05) is 26.4 Å². The van der Waals surface area contributed by atoms with Crippen LogP contribution in [0.15, 0.2) is 18.2 Å². The summed E-state index contributed by atoms with van der Waals surface area (Å²) in [6.07, 6.45) is 1.33. The predicted molar refractivity (Wildman–Crippen MR) is 80.5 cm³/mol. The van der Waals surface area contributed by atoms with Gasteiger partial charge in [0.2, 0.25) is 6.79 Å². The van der Waals surface area contributed by atoms with Gasteiger partial charge in [0.25, 0.3) is 0 Å². The lowest BCUT2D eigenvalue weighted by molar-refractivity contribution is 0.141. The highest BCUT2D eigenvalue weighted by Gasteiger charge is 2.24. The normalized spacial score (nSPS) is 27.6. The fourth-order valence-corrected chi connectivity index (χ4v) is 3.71. The maximum atomic E-state index is 6.60. The highest BCUT2D eigenvalue weighted by molar-refractivity contribution is 6.21. The van der Waals surface area contributed by atoms with Gasteiger partial charge >= 0.3 is 0 Å². The Hall–Kier alpha value is -0.930. The van der Waals surface area contributed by atoms with Crippen LogP contribution in [-0.2, 0) is 0 Å². The summed E-state index contributed by atoms with van der Waals surface area (Å²) < 4.78 is 10.8. The number of halogens is 1. The molecule has 0 N–H and O–H groups in total. The standard InChI is InChI=1S/C16H22ClNO2/c1-11-5-12(2)8-18(7-11)9-14(17)13-3-4-15-16(6-13)20-10-19-15/h3-4,6,11-12,14H,5,7-10H2,1-2H3. The van der Waals surface area contributed by atoms with Crippen LogP contribution in [0.4, 0.5) is 0 Å². The average molecular weight is 296 g/mol. The molecule has 2 aliphatic heterocycles. The number of piperidine rings is 1. The molecule has 3 atom stereocenters. The van der Waals surface area contributed by atoms with E-state index in [4.69, 9.17) is 21.1 Å². The lowest BCUT2D eigenvalue weighted by atomic mass is 9.91. The second-order valence-corrected chi connectivity index (χ2v) is 6.77. The molecule has 4 heteroatoms.